The number of nitrogens with one attached hydrogen (secondary N) is 2. The molecule has 0 bridgehead atoms. The van der Waals surface area contributed by atoms with Crippen LogP contribution in [0.4, 0.5) is 23.7 Å². The number of anilines is 1. The number of alkyl halides is 3. The lowest BCUT2D eigenvalue weighted by Crippen LogP contribution is -3.13. The molecule has 0 aliphatic carbocycles. The van der Waals surface area contributed by atoms with Gasteiger partial charge in [-0.05, 0) is 24.3 Å². The van der Waals surface area contributed by atoms with Crippen LogP contribution in [0, 0.1) is 0 Å². The van der Waals surface area contributed by atoms with Crippen molar-refractivity contribution in [3.05, 3.63) is 54.0 Å². The summed E-state index contributed by atoms with van der Waals surface area (Å²) in [6, 6.07) is 8.22. The third kappa shape index (κ3) is 4.33. The normalized spacial score (nSPS) is 16.0. The van der Waals surface area contributed by atoms with Crippen LogP contribution in [0.25, 0.3) is 0 Å². The maximum Gasteiger partial charge on any atom is 0.418 e. The van der Waals surface area contributed by atoms with E-state index in [9.17, 15) is 18.0 Å². The molecule has 0 unspecified atom stereocenters. The van der Waals surface area contributed by atoms with Gasteiger partial charge < -0.3 is 19.5 Å². The first-order valence-electron chi connectivity index (χ1n) is 8.01. The van der Waals surface area contributed by atoms with Gasteiger partial charge in [0.15, 0.2) is 5.76 Å². The van der Waals surface area contributed by atoms with Crippen molar-refractivity contribution >= 4 is 11.7 Å². The van der Waals surface area contributed by atoms with E-state index >= 15 is 0 Å². The minimum Gasteiger partial charge on any atom is -0.463 e. The number of piperazine rings is 1. The van der Waals surface area contributed by atoms with Gasteiger partial charge in [0.2, 0.25) is 0 Å². The molecule has 0 saturated carbocycles. The van der Waals surface area contributed by atoms with Crippen molar-refractivity contribution in [1.29, 1.82) is 0 Å². The number of hydrogen-bond donors (Lipinski definition) is 2. The standard InChI is InChI=1S/C17H18F3N3O2/c18-17(19,20)14-5-1-2-6-15(14)21-16(24)23-9-7-22(8-10-23)12-13-4-3-11-25-13/h1-6,11H,7-10,12H2,(H,21,24)/p+1. The number of benzene rings is 1. The maximum atomic E-state index is 13.0. The lowest BCUT2D eigenvalue weighted by Gasteiger charge is -2.32. The molecule has 1 aromatic carbocycles. The van der Waals surface area contributed by atoms with Crippen LogP contribution in [0.5, 0.6) is 0 Å². The molecule has 0 radical (unpaired) electrons. The van der Waals surface area contributed by atoms with E-state index < -0.39 is 17.8 Å². The molecule has 2 heterocycles. The molecule has 134 valence electrons. The number of nitrogens with zero attached hydrogens (tertiary/aromatic N) is 1. The largest absolute Gasteiger partial charge is 0.463 e. The SMILES string of the molecule is O=C(Nc1ccccc1C(F)(F)F)N1CC[NH+](Cc2ccco2)CC1. The zero-order valence-electron chi connectivity index (χ0n) is 13.5. The van der Waals surface area contributed by atoms with Crippen molar-refractivity contribution in [3.63, 3.8) is 0 Å². The second-order valence-electron chi connectivity index (χ2n) is 5.97. The van der Waals surface area contributed by atoms with Crippen molar-refractivity contribution in [2.45, 2.75) is 12.7 Å². The number of carbonyl (C=O) groups excluding carboxylic acids is 1. The summed E-state index contributed by atoms with van der Waals surface area (Å²) in [5.74, 6) is 0.881. The smallest absolute Gasteiger partial charge is 0.418 e. The highest BCUT2D eigenvalue weighted by atomic mass is 19.4. The number of rotatable bonds is 3. The molecule has 1 aromatic heterocycles. The van der Waals surface area contributed by atoms with E-state index in [2.05, 4.69) is 5.32 Å². The molecule has 2 amide bonds. The molecule has 5 nitrogen and oxygen atoms in total. The topological polar surface area (TPSA) is 49.9 Å². The summed E-state index contributed by atoms with van der Waals surface area (Å²) >= 11 is 0. The predicted molar refractivity (Wildman–Crippen MR) is 85.1 cm³/mol. The highest BCUT2D eigenvalue weighted by Crippen LogP contribution is 2.34. The molecule has 0 atom stereocenters. The Morgan fingerprint density at radius 3 is 2.52 bits per heavy atom. The quantitative estimate of drug-likeness (QED) is 0.888. The first kappa shape index (κ1) is 17.3. The summed E-state index contributed by atoms with van der Waals surface area (Å²) in [7, 11) is 0. The van der Waals surface area contributed by atoms with Gasteiger partial charge in [-0.25, -0.2) is 4.79 Å². The molecule has 0 spiro atoms. The zero-order chi connectivity index (χ0) is 17.9. The Bertz CT molecular complexity index is 708. The Kier molecular flexibility index (Phi) is 4.98. The average Bonchev–Trinajstić information content (AvgIpc) is 3.08. The molecule has 2 aromatic rings. The second kappa shape index (κ2) is 7.18. The maximum absolute atomic E-state index is 13.0. The van der Waals surface area contributed by atoms with Gasteiger partial charge in [0, 0.05) is 0 Å². The number of quaternary nitrogens is 1. The summed E-state index contributed by atoms with van der Waals surface area (Å²) in [6.45, 7) is 3.13. The molecule has 1 saturated heterocycles. The van der Waals surface area contributed by atoms with E-state index in [0.29, 0.717) is 13.1 Å². The number of halogens is 3. The summed E-state index contributed by atoms with van der Waals surface area (Å²) in [4.78, 5) is 15.1. The van der Waals surface area contributed by atoms with Gasteiger partial charge in [-0.3, -0.25) is 0 Å². The Morgan fingerprint density at radius 1 is 1.16 bits per heavy atom. The second-order valence-corrected chi connectivity index (χ2v) is 5.97. The third-order valence-electron chi connectivity index (χ3n) is 4.24. The molecule has 2 N–H and O–H groups in total. The number of amides is 2. The van der Waals surface area contributed by atoms with Crippen LogP contribution in [0.15, 0.2) is 47.1 Å². The molecule has 8 heteroatoms. The van der Waals surface area contributed by atoms with Gasteiger partial charge >= 0.3 is 12.2 Å². The van der Waals surface area contributed by atoms with Gasteiger partial charge in [-0.2, -0.15) is 13.2 Å². The zero-order valence-corrected chi connectivity index (χ0v) is 13.5. The van der Waals surface area contributed by atoms with Gasteiger partial charge in [-0.1, -0.05) is 12.1 Å². The van der Waals surface area contributed by atoms with Gasteiger partial charge in [0.25, 0.3) is 0 Å². The average molecular weight is 354 g/mol. The number of furan rings is 1. The van der Waals surface area contributed by atoms with E-state index in [1.54, 1.807) is 11.2 Å². The van der Waals surface area contributed by atoms with Gasteiger partial charge in [0.1, 0.15) is 6.54 Å². The van der Waals surface area contributed by atoms with Crippen molar-refractivity contribution in [1.82, 2.24) is 4.90 Å². The Morgan fingerprint density at radius 2 is 1.88 bits per heavy atom. The van der Waals surface area contributed by atoms with E-state index in [0.717, 1.165) is 31.5 Å². The van der Waals surface area contributed by atoms with E-state index in [1.165, 1.54) is 23.1 Å². The minimum absolute atomic E-state index is 0.217. The number of carbonyl (C=O) groups is 1. The van der Waals surface area contributed by atoms with E-state index in [4.69, 9.17) is 4.42 Å². The summed E-state index contributed by atoms with van der Waals surface area (Å²) in [6.07, 6.45) is -2.88. The first-order valence-corrected chi connectivity index (χ1v) is 8.01. The minimum atomic E-state index is -4.50. The third-order valence-corrected chi connectivity index (χ3v) is 4.24. The highest BCUT2D eigenvalue weighted by Gasteiger charge is 2.34. The fourth-order valence-corrected chi connectivity index (χ4v) is 2.90. The first-order chi connectivity index (χ1) is 11.9. The van der Waals surface area contributed by atoms with E-state index in [-0.39, 0.29) is 5.69 Å². The molecular weight excluding hydrogens is 335 g/mol. The summed E-state index contributed by atoms with van der Waals surface area (Å²) in [5.41, 5.74) is -1.06. The van der Waals surface area contributed by atoms with Crippen LogP contribution in [0.2, 0.25) is 0 Å². The van der Waals surface area contributed by atoms with Crippen molar-refractivity contribution in [3.8, 4) is 0 Å². The van der Waals surface area contributed by atoms with Crippen LogP contribution >= 0.6 is 0 Å². The van der Waals surface area contributed by atoms with Crippen LogP contribution in [-0.2, 0) is 12.7 Å². The predicted octanol–water partition coefficient (Wildman–Crippen LogP) is 2.23. The highest BCUT2D eigenvalue weighted by molar-refractivity contribution is 5.90. The monoisotopic (exact) mass is 354 g/mol. The van der Waals surface area contributed by atoms with E-state index in [1.807, 2.05) is 12.1 Å². The molecule has 1 aliphatic heterocycles. The summed E-state index contributed by atoms with van der Waals surface area (Å²) < 4.78 is 44.3. The fourth-order valence-electron chi connectivity index (χ4n) is 2.90. The van der Waals surface area contributed by atoms with Crippen LogP contribution in [-0.4, -0.2) is 37.1 Å². The Labute approximate surface area is 143 Å². The van der Waals surface area contributed by atoms with Crippen LogP contribution in [0.3, 0.4) is 0 Å². The molecule has 1 aliphatic rings. The van der Waals surface area contributed by atoms with Crippen LogP contribution < -0.4 is 10.2 Å². The van der Waals surface area contributed by atoms with Gasteiger partial charge in [-0.15, -0.1) is 0 Å². The lowest BCUT2D eigenvalue weighted by atomic mass is 10.1. The van der Waals surface area contributed by atoms with Crippen molar-refractivity contribution in [2.75, 3.05) is 31.5 Å². The lowest BCUT2D eigenvalue weighted by molar-refractivity contribution is -0.918. The number of urea groups is 1. The van der Waals surface area contributed by atoms with Crippen molar-refractivity contribution in [2.24, 2.45) is 0 Å². The molecule has 25 heavy (non-hydrogen) atoms. The Balaban J connectivity index is 1.57. The molecular formula is C17H19F3N3O2+. The van der Waals surface area contributed by atoms with Crippen molar-refractivity contribution < 1.29 is 27.3 Å². The summed E-state index contributed by atoms with van der Waals surface area (Å²) in [5, 5.41) is 2.39. The number of para-hydroxylation sites is 1. The molecule has 1 fully saturated rings. The van der Waals surface area contributed by atoms with Crippen LogP contribution in [0.1, 0.15) is 11.3 Å². The molecule has 3 rings (SSSR count). The number of hydrogen-bond acceptors (Lipinski definition) is 2. The Hall–Kier alpha value is -2.48. The fraction of sp³-hybridized carbons (Fsp3) is 0.353. The van der Waals surface area contributed by atoms with Gasteiger partial charge in [0.05, 0.1) is 43.7 Å².